The molecule has 0 unspecified atom stereocenters. The quantitative estimate of drug-likeness (QED) is 0.736. The average Bonchev–Trinajstić information content (AvgIpc) is 2.44. The predicted octanol–water partition coefficient (Wildman–Crippen LogP) is -0.384. The second kappa shape index (κ2) is 3.93. The van der Waals surface area contributed by atoms with Crippen molar-refractivity contribution in [2.24, 2.45) is 0 Å². The monoisotopic (exact) mass is 249 g/mol. The Bertz CT molecular complexity index is 510. The zero-order valence-electron chi connectivity index (χ0n) is 8.00. The van der Waals surface area contributed by atoms with Crippen LogP contribution in [0.1, 0.15) is 26.9 Å². The van der Waals surface area contributed by atoms with Crippen molar-refractivity contribution < 1.29 is 32.6 Å². The van der Waals surface area contributed by atoms with Crippen LogP contribution in [0.5, 0.6) is 0 Å². The van der Waals surface area contributed by atoms with Crippen LogP contribution in [0.3, 0.4) is 0 Å². The van der Waals surface area contributed by atoms with E-state index in [0.29, 0.717) is 0 Å². The fourth-order valence-corrected chi connectivity index (χ4v) is 1.51. The van der Waals surface area contributed by atoms with E-state index in [1.807, 2.05) is 0 Å². The number of carboxylic acids is 2. The molecule has 0 saturated heterocycles. The lowest BCUT2D eigenvalue weighted by atomic mass is 10.3. The van der Waals surface area contributed by atoms with Crippen molar-refractivity contribution in [3.05, 3.63) is 17.3 Å². The van der Waals surface area contributed by atoms with E-state index in [4.69, 9.17) is 10.2 Å². The van der Waals surface area contributed by atoms with Gasteiger partial charge in [-0.05, 0) is 0 Å². The van der Waals surface area contributed by atoms with Crippen molar-refractivity contribution in [2.45, 2.75) is 5.75 Å². The van der Waals surface area contributed by atoms with E-state index in [-0.39, 0.29) is 0 Å². The second-order valence-electron chi connectivity index (χ2n) is 2.97. The largest absolute Gasteiger partial charge is 0.476 e. The molecule has 0 radical (unpaired) electrons. The summed E-state index contributed by atoms with van der Waals surface area (Å²) in [6.07, 6.45) is 0.887. The first kappa shape index (κ1) is 12.2. The summed E-state index contributed by atoms with van der Waals surface area (Å²) in [5, 5.41) is 17.2. The molecule has 9 heteroatoms. The topological polar surface area (TPSA) is 135 Å². The van der Waals surface area contributed by atoms with Crippen LogP contribution in [0.4, 0.5) is 0 Å². The number of hydrogen-bond donors (Lipinski definition) is 2. The maximum atomic E-state index is 10.9. The molecule has 1 rings (SSSR count). The van der Waals surface area contributed by atoms with Crippen molar-refractivity contribution in [3.8, 4) is 0 Å². The Hall–Kier alpha value is -1.90. The molecule has 88 valence electrons. The highest BCUT2D eigenvalue weighted by Gasteiger charge is 2.25. The van der Waals surface area contributed by atoms with Gasteiger partial charge in [-0.25, -0.2) is 23.0 Å². The third-order valence-corrected chi connectivity index (χ3v) is 2.23. The van der Waals surface area contributed by atoms with Gasteiger partial charge in [-0.2, -0.15) is 0 Å². The van der Waals surface area contributed by atoms with Gasteiger partial charge in [-0.3, -0.25) is 0 Å². The Morgan fingerprint density at radius 1 is 1.31 bits per heavy atom. The molecular formula is C7H7NO7S. The summed E-state index contributed by atoms with van der Waals surface area (Å²) in [4.78, 5) is 24.4. The van der Waals surface area contributed by atoms with Gasteiger partial charge in [-0.15, -0.1) is 0 Å². The minimum atomic E-state index is -3.47. The van der Waals surface area contributed by atoms with Gasteiger partial charge in [-0.1, -0.05) is 0 Å². The van der Waals surface area contributed by atoms with E-state index in [9.17, 15) is 18.0 Å². The Kier molecular flexibility index (Phi) is 2.99. The van der Waals surface area contributed by atoms with Gasteiger partial charge in [0.1, 0.15) is 5.75 Å². The summed E-state index contributed by atoms with van der Waals surface area (Å²) in [5.41, 5.74) is -0.814. The van der Waals surface area contributed by atoms with Gasteiger partial charge in [0, 0.05) is 6.26 Å². The molecule has 1 heterocycles. The zero-order valence-corrected chi connectivity index (χ0v) is 8.81. The lowest BCUT2D eigenvalue weighted by molar-refractivity contribution is 0.0623. The third-order valence-electron chi connectivity index (χ3n) is 1.45. The van der Waals surface area contributed by atoms with Crippen LogP contribution in [0.15, 0.2) is 4.42 Å². The predicted molar refractivity (Wildman–Crippen MR) is 49.0 cm³/mol. The molecule has 2 N–H and O–H groups in total. The Labute approximate surface area is 89.4 Å². The maximum Gasteiger partial charge on any atom is 0.374 e. The Morgan fingerprint density at radius 2 is 1.88 bits per heavy atom. The first-order chi connectivity index (χ1) is 7.20. The SMILES string of the molecule is CS(=O)(=O)Cc1nc(C(=O)O)c(C(=O)O)o1. The average molecular weight is 249 g/mol. The van der Waals surface area contributed by atoms with Gasteiger partial charge in [0.05, 0.1) is 0 Å². The summed E-state index contributed by atoms with van der Waals surface area (Å²) in [6.45, 7) is 0. The van der Waals surface area contributed by atoms with Crippen LogP contribution in [0.2, 0.25) is 0 Å². The molecule has 0 spiro atoms. The van der Waals surface area contributed by atoms with Crippen molar-refractivity contribution in [1.29, 1.82) is 0 Å². The van der Waals surface area contributed by atoms with Crippen LogP contribution in [0.25, 0.3) is 0 Å². The molecule has 0 bridgehead atoms. The number of aromatic nitrogens is 1. The molecule has 16 heavy (non-hydrogen) atoms. The normalized spacial score (nSPS) is 11.3. The van der Waals surface area contributed by atoms with Crippen LogP contribution >= 0.6 is 0 Å². The highest BCUT2D eigenvalue weighted by Crippen LogP contribution is 2.13. The second-order valence-corrected chi connectivity index (χ2v) is 5.11. The summed E-state index contributed by atoms with van der Waals surface area (Å²) >= 11 is 0. The first-order valence-corrected chi connectivity index (χ1v) is 5.91. The number of oxazole rings is 1. The lowest BCUT2D eigenvalue weighted by Crippen LogP contribution is -2.06. The number of hydrogen-bond acceptors (Lipinski definition) is 6. The molecule has 0 aliphatic carbocycles. The first-order valence-electron chi connectivity index (χ1n) is 3.84. The molecular weight excluding hydrogens is 242 g/mol. The highest BCUT2D eigenvalue weighted by atomic mass is 32.2. The molecule has 1 aromatic heterocycles. The highest BCUT2D eigenvalue weighted by molar-refractivity contribution is 7.89. The molecule has 0 fully saturated rings. The molecule has 0 aliphatic rings. The Balaban J connectivity index is 3.22. The van der Waals surface area contributed by atoms with E-state index < -0.39 is 44.9 Å². The Morgan fingerprint density at radius 3 is 2.19 bits per heavy atom. The molecule has 0 amide bonds. The number of sulfone groups is 1. The number of aromatic carboxylic acids is 2. The number of carboxylic acid groups (broad SMARTS) is 2. The molecule has 8 nitrogen and oxygen atoms in total. The van der Waals surface area contributed by atoms with Gasteiger partial charge < -0.3 is 14.6 Å². The van der Waals surface area contributed by atoms with Crippen LogP contribution in [0, 0.1) is 0 Å². The van der Waals surface area contributed by atoms with Crippen LogP contribution < -0.4 is 0 Å². The van der Waals surface area contributed by atoms with Crippen molar-refractivity contribution >= 4 is 21.8 Å². The third kappa shape index (κ3) is 2.79. The summed E-state index contributed by atoms with van der Waals surface area (Å²) in [5.74, 6) is -5.21. The molecule has 0 aliphatic heterocycles. The molecule has 1 aromatic rings. The van der Waals surface area contributed by atoms with E-state index in [2.05, 4.69) is 9.40 Å². The van der Waals surface area contributed by atoms with E-state index in [1.165, 1.54) is 0 Å². The number of carbonyl (C=O) groups is 2. The minimum absolute atomic E-state index is 0.461. The van der Waals surface area contributed by atoms with E-state index >= 15 is 0 Å². The van der Waals surface area contributed by atoms with E-state index in [1.54, 1.807) is 0 Å². The van der Waals surface area contributed by atoms with Crippen LogP contribution in [-0.4, -0.2) is 41.8 Å². The molecule has 0 aromatic carbocycles. The fourth-order valence-electron chi connectivity index (χ4n) is 0.940. The fraction of sp³-hybridized carbons (Fsp3) is 0.286. The van der Waals surface area contributed by atoms with Crippen molar-refractivity contribution in [1.82, 2.24) is 4.98 Å². The van der Waals surface area contributed by atoms with Crippen molar-refractivity contribution in [3.63, 3.8) is 0 Å². The van der Waals surface area contributed by atoms with Gasteiger partial charge in [0.2, 0.25) is 17.3 Å². The lowest BCUT2D eigenvalue weighted by Gasteiger charge is -1.90. The summed E-state index contributed by atoms with van der Waals surface area (Å²) in [7, 11) is -3.47. The van der Waals surface area contributed by atoms with Crippen molar-refractivity contribution in [2.75, 3.05) is 6.26 Å². The molecule has 0 atom stereocenters. The van der Waals surface area contributed by atoms with Crippen LogP contribution in [-0.2, 0) is 15.6 Å². The smallest absolute Gasteiger partial charge is 0.374 e. The zero-order chi connectivity index (χ0) is 12.5. The van der Waals surface area contributed by atoms with Gasteiger partial charge in [0.25, 0.3) is 0 Å². The standard InChI is InChI=1S/C7H7NO7S/c1-16(13,14)2-3-8-4(6(9)10)5(15-3)7(11)12/h2H2,1H3,(H,9,10)(H,11,12). The maximum absolute atomic E-state index is 10.9. The summed E-state index contributed by atoms with van der Waals surface area (Å²) in [6, 6.07) is 0. The summed E-state index contributed by atoms with van der Waals surface area (Å²) < 4.78 is 26.3. The van der Waals surface area contributed by atoms with E-state index in [0.717, 1.165) is 6.26 Å². The minimum Gasteiger partial charge on any atom is -0.476 e. The number of rotatable bonds is 4. The molecule has 0 saturated carbocycles. The number of nitrogens with zero attached hydrogens (tertiary/aromatic N) is 1. The van der Waals surface area contributed by atoms with Gasteiger partial charge in [0.15, 0.2) is 9.84 Å². The van der Waals surface area contributed by atoms with Gasteiger partial charge >= 0.3 is 11.9 Å².